The van der Waals surface area contributed by atoms with Gasteiger partial charge in [-0.2, -0.15) is 4.98 Å². The van der Waals surface area contributed by atoms with Gasteiger partial charge in [-0.15, -0.1) is 0 Å². The zero-order valence-electron chi connectivity index (χ0n) is 12.2. The van der Waals surface area contributed by atoms with E-state index >= 15 is 0 Å². The van der Waals surface area contributed by atoms with E-state index in [1.165, 1.54) is 4.57 Å². The molecule has 23 heavy (non-hydrogen) atoms. The van der Waals surface area contributed by atoms with Crippen molar-refractivity contribution in [3.05, 3.63) is 45.0 Å². The second-order valence-electron chi connectivity index (χ2n) is 5.30. The van der Waals surface area contributed by atoms with Gasteiger partial charge in [0.2, 0.25) is 5.88 Å². The lowest BCUT2D eigenvalue weighted by molar-refractivity contribution is 0.102. The summed E-state index contributed by atoms with van der Waals surface area (Å²) < 4.78 is 1.43. The van der Waals surface area contributed by atoms with E-state index in [4.69, 9.17) is 17.3 Å². The first-order chi connectivity index (χ1) is 11.0. The molecule has 0 spiro atoms. The topological polar surface area (TPSA) is 110 Å². The van der Waals surface area contributed by atoms with Crippen LogP contribution in [0.1, 0.15) is 29.0 Å². The maximum absolute atomic E-state index is 12.5. The summed E-state index contributed by atoms with van der Waals surface area (Å²) in [6, 6.07) is 4.76. The van der Waals surface area contributed by atoms with Crippen LogP contribution in [0.15, 0.2) is 23.0 Å². The Kier molecular flexibility index (Phi) is 3.96. The Labute approximate surface area is 136 Å². The predicted molar refractivity (Wildman–Crippen MR) is 86.9 cm³/mol. The molecule has 1 aliphatic rings. The van der Waals surface area contributed by atoms with Crippen molar-refractivity contribution in [2.75, 3.05) is 11.1 Å². The number of aromatic nitrogens is 2. The zero-order chi connectivity index (χ0) is 16.6. The summed E-state index contributed by atoms with van der Waals surface area (Å²) in [4.78, 5) is 28.8. The van der Waals surface area contributed by atoms with Gasteiger partial charge in [0.25, 0.3) is 11.5 Å². The van der Waals surface area contributed by atoms with Gasteiger partial charge in [-0.25, -0.2) is 0 Å². The molecule has 2 aromatic rings. The lowest BCUT2D eigenvalue weighted by Gasteiger charge is -2.18. The number of nitrogens with two attached hydrogens (primary N) is 1. The highest BCUT2D eigenvalue weighted by atomic mass is 35.5. The summed E-state index contributed by atoms with van der Waals surface area (Å²) in [5.74, 6) is -0.841. The highest BCUT2D eigenvalue weighted by Crippen LogP contribution is 2.28. The monoisotopic (exact) mass is 334 g/mol. The molecule has 1 amide bonds. The van der Waals surface area contributed by atoms with Gasteiger partial charge in [-0.05, 0) is 25.0 Å². The summed E-state index contributed by atoms with van der Waals surface area (Å²) in [5.41, 5.74) is 5.29. The fraction of sp³-hybridized carbons (Fsp3) is 0.267. The van der Waals surface area contributed by atoms with Crippen LogP contribution >= 0.6 is 11.6 Å². The fourth-order valence-corrected chi connectivity index (χ4v) is 2.76. The molecule has 4 N–H and O–H groups in total. The first kappa shape index (κ1) is 15.4. The van der Waals surface area contributed by atoms with Crippen LogP contribution in [0.4, 0.5) is 11.4 Å². The molecule has 0 saturated carbocycles. The number of carbonyl (C=O) groups is 1. The molecule has 1 aromatic heterocycles. The fourth-order valence-electron chi connectivity index (χ4n) is 2.59. The second-order valence-corrected chi connectivity index (χ2v) is 5.68. The summed E-state index contributed by atoms with van der Waals surface area (Å²) >= 11 is 6.02. The number of nitrogens with one attached hydrogen (secondary N) is 1. The average Bonchev–Trinajstić information content (AvgIpc) is 2.52. The largest absolute Gasteiger partial charge is 0.493 e. The maximum atomic E-state index is 12.5. The minimum Gasteiger partial charge on any atom is -0.493 e. The molecule has 0 bridgehead atoms. The second kappa shape index (κ2) is 5.92. The van der Waals surface area contributed by atoms with Gasteiger partial charge in [-0.1, -0.05) is 17.7 Å². The Balaban J connectivity index is 2.00. The van der Waals surface area contributed by atoms with Crippen LogP contribution in [0.2, 0.25) is 5.02 Å². The van der Waals surface area contributed by atoms with Crippen molar-refractivity contribution < 1.29 is 9.90 Å². The summed E-state index contributed by atoms with van der Waals surface area (Å²) in [7, 11) is 0. The van der Waals surface area contributed by atoms with Crippen molar-refractivity contribution >= 4 is 28.9 Å². The third kappa shape index (κ3) is 2.75. The smallest absolute Gasteiger partial charge is 0.270 e. The van der Waals surface area contributed by atoms with Crippen molar-refractivity contribution in [1.82, 2.24) is 9.55 Å². The van der Waals surface area contributed by atoms with E-state index in [0.717, 1.165) is 12.8 Å². The molecule has 0 aliphatic carbocycles. The predicted octanol–water partition coefficient (Wildman–Crippen LogP) is 1.77. The average molecular weight is 335 g/mol. The zero-order valence-corrected chi connectivity index (χ0v) is 12.9. The number of hydrogen-bond donors (Lipinski definition) is 3. The van der Waals surface area contributed by atoms with Crippen LogP contribution in [0.25, 0.3) is 0 Å². The van der Waals surface area contributed by atoms with Crippen LogP contribution < -0.4 is 16.6 Å². The molecule has 3 rings (SSSR count). The molecule has 0 fully saturated rings. The van der Waals surface area contributed by atoms with E-state index in [2.05, 4.69) is 10.3 Å². The molecule has 0 radical (unpaired) electrons. The number of amides is 1. The number of anilines is 2. The minimum atomic E-state index is -0.770. The molecule has 2 heterocycles. The summed E-state index contributed by atoms with van der Waals surface area (Å²) in [6.45, 7) is 0.487. The van der Waals surface area contributed by atoms with Crippen molar-refractivity contribution in [2.45, 2.75) is 25.8 Å². The highest BCUT2D eigenvalue weighted by molar-refractivity contribution is 6.36. The molecule has 1 aromatic carbocycles. The number of nitrogens with zero attached hydrogens (tertiary/aromatic N) is 2. The van der Waals surface area contributed by atoms with E-state index in [0.29, 0.717) is 24.5 Å². The number of fused-ring (bicyclic) bond motifs is 1. The Bertz CT molecular complexity index is 847. The standard InChI is InChI=1S/C15H15ClN4O3/c16-12-8(17)4-3-5-9(12)18-13(21)11-14(22)19-10-6-1-2-7-20(10)15(11)23/h3-5,22H,1-2,6-7,17H2,(H,18,21). The Morgan fingerprint density at radius 2 is 2.17 bits per heavy atom. The Morgan fingerprint density at radius 1 is 1.39 bits per heavy atom. The van der Waals surface area contributed by atoms with Crippen LogP contribution in [0, 0.1) is 0 Å². The normalized spacial score (nSPS) is 13.4. The molecule has 8 heteroatoms. The van der Waals surface area contributed by atoms with Crippen LogP contribution in [-0.2, 0) is 13.0 Å². The quantitative estimate of drug-likeness (QED) is 0.725. The van der Waals surface area contributed by atoms with Crippen LogP contribution in [-0.4, -0.2) is 20.6 Å². The van der Waals surface area contributed by atoms with E-state index in [9.17, 15) is 14.7 Å². The Hall–Kier alpha value is -2.54. The number of carbonyl (C=O) groups excluding carboxylic acids is 1. The number of aromatic hydroxyl groups is 1. The number of nitrogen functional groups attached to an aromatic ring is 1. The van der Waals surface area contributed by atoms with Crippen molar-refractivity contribution in [3.8, 4) is 5.88 Å². The number of rotatable bonds is 2. The lowest BCUT2D eigenvalue weighted by atomic mass is 10.1. The van der Waals surface area contributed by atoms with E-state index in [1.54, 1.807) is 18.2 Å². The summed E-state index contributed by atoms with van der Waals surface area (Å²) in [5, 5.41) is 12.6. The van der Waals surface area contributed by atoms with E-state index < -0.39 is 22.9 Å². The Morgan fingerprint density at radius 3 is 2.96 bits per heavy atom. The van der Waals surface area contributed by atoms with Crippen molar-refractivity contribution in [3.63, 3.8) is 0 Å². The summed E-state index contributed by atoms with van der Waals surface area (Å²) in [6.07, 6.45) is 2.34. The van der Waals surface area contributed by atoms with Gasteiger partial charge in [0.1, 0.15) is 5.82 Å². The molecule has 120 valence electrons. The minimum absolute atomic E-state index is 0.173. The SMILES string of the molecule is Nc1cccc(NC(=O)c2c(O)nc3n(c2=O)CCCC3)c1Cl. The van der Waals surface area contributed by atoms with Gasteiger partial charge in [0.15, 0.2) is 5.56 Å². The number of aryl methyl sites for hydroxylation is 1. The molecule has 0 atom stereocenters. The number of benzene rings is 1. The molecular formula is C15H15ClN4O3. The highest BCUT2D eigenvalue weighted by Gasteiger charge is 2.24. The third-order valence-electron chi connectivity index (χ3n) is 3.77. The molecule has 7 nitrogen and oxygen atoms in total. The van der Waals surface area contributed by atoms with Crippen LogP contribution in [0.5, 0.6) is 5.88 Å². The van der Waals surface area contributed by atoms with Crippen molar-refractivity contribution in [2.24, 2.45) is 0 Å². The van der Waals surface area contributed by atoms with E-state index in [-0.39, 0.29) is 10.7 Å². The number of hydrogen-bond acceptors (Lipinski definition) is 5. The van der Waals surface area contributed by atoms with Crippen LogP contribution in [0.3, 0.4) is 0 Å². The lowest BCUT2D eigenvalue weighted by Crippen LogP contribution is -2.34. The molecular weight excluding hydrogens is 320 g/mol. The molecule has 1 aliphatic heterocycles. The molecule has 0 unspecified atom stereocenters. The number of halogens is 1. The van der Waals surface area contributed by atoms with Crippen molar-refractivity contribution in [1.29, 1.82) is 0 Å². The van der Waals surface area contributed by atoms with Gasteiger partial charge in [0.05, 0.1) is 16.4 Å². The van der Waals surface area contributed by atoms with E-state index in [1.807, 2.05) is 0 Å². The van der Waals surface area contributed by atoms with Gasteiger partial charge < -0.3 is 16.2 Å². The third-order valence-corrected chi connectivity index (χ3v) is 4.19. The first-order valence-corrected chi connectivity index (χ1v) is 7.55. The van der Waals surface area contributed by atoms with Gasteiger partial charge in [0, 0.05) is 13.0 Å². The van der Waals surface area contributed by atoms with Gasteiger partial charge >= 0.3 is 0 Å². The maximum Gasteiger partial charge on any atom is 0.270 e. The first-order valence-electron chi connectivity index (χ1n) is 7.17. The molecule has 0 saturated heterocycles. The van der Waals surface area contributed by atoms with Gasteiger partial charge in [-0.3, -0.25) is 14.2 Å².